The second kappa shape index (κ2) is 6.99. The molecule has 8 heteroatoms. The van der Waals surface area contributed by atoms with Gasteiger partial charge in [0.1, 0.15) is 17.1 Å². The van der Waals surface area contributed by atoms with Crippen LogP contribution in [-0.2, 0) is 0 Å². The van der Waals surface area contributed by atoms with Crippen LogP contribution in [0.3, 0.4) is 0 Å². The van der Waals surface area contributed by atoms with Gasteiger partial charge in [0.05, 0.1) is 11.9 Å². The number of aromatic nitrogens is 3. The predicted molar refractivity (Wildman–Crippen MR) is 98.9 cm³/mol. The van der Waals surface area contributed by atoms with Crippen molar-refractivity contribution >= 4 is 11.6 Å². The molecule has 1 amide bonds. The standard InChI is InChI=1S/C20H14F2N4O2/c21-14-6-1-2-8-16(14)26-20(25-10-3-4-11-25)13(12-23-26)19(28)24-15-7-5-9-17(27)18(15)22/h1-12,27H,(H,24,28). The Morgan fingerprint density at radius 3 is 2.50 bits per heavy atom. The molecule has 0 saturated carbocycles. The smallest absolute Gasteiger partial charge is 0.261 e. The molecule has 0 atom stereocenters. The number of anilines is 1. The van der Waals surface area contributed by atoms with Gasteiger partial charge in [-0.3, -0.25) is 4.79 Å². The van der Waals surface area contributed by atoms with Crippen molar-refractivity contribution in [3.8, 4) is 17.3 Å². The third kappa shape index (κ3) is 3.01. The normalized spacial score (nSPS) is 10.8. The molecule has 2 heterocycles. The van der Waals surface area contributed by atoms with Gasteiger partial charge in [0, 0.05) is 12.4 Å². The van der Waals surface area contributed by atoms with Crippen molar-refractivity contribution in [2.75, 3.05) is 5.32 Å². The number of aromatic hydroxyl groups is 1. The van der Waals surface area contributed by atoms with Gasteiger partial charge in [-0.2, -0.15) is 5.10 Å². The van der Waals surface area contributed by atoms with E-state index < -0.39 is 23.3 Å². The first-order valence-electron chi connectivity index (χ1n) is 8.31. The molecule has 2 N–H and O–H groups in total. The van der Waals surface area contributed by atoms with Gasteiger partial charge in [-0.05, 0) is 36.4 Å². The van der Waals surface area contributed by atoms with Crippen molar-refractivity contribution in [2.24, 2.45) is 0 Å². The topological polar surface area (TPSA) is 72.1 Å². The van der Waals surface area contributed by atoms with Crippen LogP contribution in [0.25, 0.3) is 11.5 Å². The number of nitrogens with one attached hydrogen (secondary N) is 1. The fraction of sp³-hybridized carbons (Fsp3) is 0. The van der Waals surface area contributed by atoms with E-state index in [1.165, 1.54) is 41.2 Å². The van der Waals surface area contributed by atoms with E-state index in [0.717, 1.165) is 0 Å². The van der Waals surface area contributed by atoms with E-state index >= 15 is 0 Å². The summed E-state index contributed by atoms with van der Waals surface area (Å²) in [7, 11) is 0. The number of para-hydroxylation sites is 1. The van der Waals surface area contributed by atoms with Crippen molar-refractivity contribution in [2.45, 2.75) is 0 Å². The Morgan fingerprint density at radius 2 is 1.75 bits per heavy atom. The van der Waals surface area contributed by atoms with E-state index in [4.69, 9.17) is 0 Å². The number of nitrogens with zero attached hydrogens (tertiary/aromatic N) is 3. The van der Waals surface area contributed by atoms with Crippen molar-refractivity contribution < 1.29 is 18.7 Å². The monoisotopic (exact) mass is 380 g/mol. The van der Waals surface area contributed by atoms with Crippen LogP contribution in [0.4, 0.5) is 14.5 Å². The Hall–Kier alpha value is -3.94. The van der Waals surface area contributed by atoms with Crippen LogP contribution in [0.1, 0.15) is 10.4 Å². The summed E-state index contributed by atoms with van der Waals surface area (Å²) in [4.78, 5) is 12.8. The summed E-state index contributed by atoms with van der Waals surface area (Å²) in [5.41, 5.74) is 0.0816. The first-order chi connectivity index (χ1) is 13.6. The molecule has 28 heavy (non-hydrogen) atoms. The van der Waals surface area contributed by atoms with Crippen LogP contribution < -0.4 is 5.32 Å². The van der Waals surface area contributed by atoms with Gasteiger partial charge in [0.15, 0.2) is 17.4 Å². The molecule has 0 aliphatic rings. The fourth-order valence-electron chi connectivity index (χ4n) is 2.83. The van der Waals surface area contributed by atoms with Gasteiger partial charge in [-0.1, -0.05) is 18.2 Å². The van der Waals surface area contributed by atoms with Gasteiger partial charge >= 0.3 is 0 Å². The number of halogens is 2. The summed E-state index contributed by atoms with van der Waals surface area (Å²) >= 11 is 0. The molecule has 4 rings (SSSR count). The number of hydrogen-bond donors (Lipinski definition) is 2. The molecular formula is C20H14F2N4O2. The second-order valence-electron chi connectivity index (χ2n) is 5.93. The zero-order chi connectivity index (χ0) is 19.7. The Balaban J connectivity index is 1.81. The Labute approximate surface area is 158 Å². The number of benzene rings is 2. The quantitative estimate of drug-likeness (QED) is 0.564. The van der Waals surface area contributed by atoms with Crippen LogP contribution in [0.2, 0.25) is 0 Å². The Bertz CT molecular complexity index is 1150. The maximum absolute atomic E-state index is 14.3. The van der Waals surface area contributed by atoms with Gasteiger partial charge < -0.3 is 15.0 Å². The SMILES string of the molecule is O=C(Nc1cccc(O)c1F)c1cnn(-c2ccccc2F)c1-n1cccc1. The molecule has 0 spiro atoms. The van der Waals surface area contributed by atoms with E-state index in [-0.39, 0.29) is 22.8 Å². The first-order valence-corrected chi connectivity index (χ1v) is 8.31. The summed E-state index contributed by atoms with van der Waals surface area (Å²) < 4.78 is 31.2. The molecule has 0 aliphatic carbocycles. The number of rotatable bonds is 4. The minimum Gasteiger partial charge on any atom is -0.505 e. The van der Waals surface area contributed by atoms with Crippen molar-refractivity contribution in [3.05, 3.63) is 90.4 Å². The highest BCUT2D eigenvalue weighted by Crippen LogP contribution is 2.26. The molecule has 0 radical (unpaired) electrons. The van der Waals surface area contributed by atoms with Gasteiger partial charge in [-0.25, -0.2) is 13.5 Å². The van der Waals surface area contributed by atoms with E-state index in [2.05, 4.69) is 10.4 Å². The Kier molecular flexibility index (Phi) is 4.36. The van der Waals surface area contributed by atoms with Gasteiger partial charge in [-0.15, -0.1) is 0 Å². The van der Waals surface area contributed by atoms with Crippen LogP contribution in [-0.4, -0.2) is 25.4 Å². The number of hydrogen-bond acceptors (Lipinski definition) is 3. The number of amides is 1. The lowest BCUT2D eigenvalue weighted by molar-refractivity contribution is 0.102. The maximum atomic E-state index is 14.3. The molecule has 2 aromatic heterocycles. The lowest BCUT2D eigenvalue weighted by atomic mass is 10.2. The average molecular weight is 380 g/mol. The molecule has 0 fully saturated rings. The van der Waals surface area contributed by atoms with Crippen molar-refractivity contribution in [3.63, 3.8) is 0 Å². The molecular weight excluding hydrogens is 366 g/mol. The molecule has 0 bridgehead atoms. The van der Waals surface area contributed by atoms with E-state index in [0.29, 0.717) is 0 Å². The zero-order valence-corrected chi connectivity index (χ0v) is 14.4. The summed E-state index contributed by atoms with van der Waals surface area (Å²) in [5.74, 6) is -2.40. The number of carbonyl (C=O) groups is 1. The highest BCUT2D eigenvalue weighted by atomic mass is 19.1. The minimum atomic E-state index is -0.945. The number of carbonyl (C=O) groups excluding carboxylic acids is 1. The third-order valence-electron chi connectivity index (χ3n) is 4.14. The maximum Gasteiger partial charge on any atom is 0.261 e. The lowest BCUT2D eigenvalue weighted by Crippen LogP contribution is -2.16. The van der Waals surface area contributed by atoms with E-state index in [1.807, 2.05) is 0 Å². The first kappa shape index (κ1) is 17.5. The molecule has 0 aliphatic heterocycles. The van der Waals surface area contributed by atoms with Gasteiger partial charge in [0.25, 0.3) is 5.91 Å². The molecule has 6 nitrogen and oxygen atoms in total. The largest absolute Gasteiger partial charge is 0.505 e. The molecule has 0 unspecified atom stereocenters. The lowest BCUT2D eigenvalue weighted by Gasteiger charge is -2.12. The number of phenolic OH excluding ortho intramolecular Hbond substituents is 1. The van der Waals surface area contributed by atoms with Crippen molar-refractivity contribution in [1.29, 1.82) is 0 Å². The fourth-order valence-corrected chi connectivity index (χ4v) is 2.83. The highest BCUT2D eigenvalue weighted by Gasteiger charge is 2.22. The van der Waals surface area contributed by atoms with E-state index in [1.54, 1.807) is 41.2 Å². The average Bonchev–Trinajstić information content (AvgIpc) is 3.35. The third-order valence-corrected chi connectivity index (χ3v) is 4.14. The minimum absolute atomic E-state index is 0.0993. The van der Waals surface area contributed by atoms with E-state index in [9.17, 15) is 18.7 Å². The Morgan fingerprint density at radius 1 is 1.00 bits per heavy atom. The van der Waals surface area contributed by atoms with Crippen LogP contribution in [0, 0.1) is 11.6 Å². The zero-order valence-electron chi connectivity index (χ0n) is 14.4. The van der Waals surface area contributed by atoms with Crippen molar-refractivity contribution in [1.82, 2.24) is 14.3 Å². The van der Waals surface area contributed by atoms with Crippen LogP contribution >= 0.6 is 0 Å². The van der Waals surface area contributed by atoms with Crippen LogP contribution in [0.15, 0.2) is 73.2 Å². The molecule has 2 aromatic carbocycles. The van der Waals surface area contributed by atoms with Gasteiger partial charge in [0.2, 0.25) is 0 Å². The second-order valence-corrected chi connectivity index (χ2v) is 5.93. The van der Waals surface area contributed by atoms with Crippen LogP contribution in [0.5, 0.6) is 5.75 Å². The summed E-state index contributed by atoms with van der Waals surface area (Å²) in [6.45, 7) is 0. The number of phenols is 1. The molecule has 140 valence electrons. The molecule has 4 aromatic rings. The summed E-state index contributed by atoms with van der Waals surface area (Å²) in [6, 6.07) is 13.4. The summed E-state index contributed by atoms with van der Waals surface area (Å²) in [6.07, 6.45) is 4.64. The highest BCUT2D eigenvalue weighted by molar-refractivity contribution is 6.06. The summed E-state index contributed by atoms with van der Waals surface area (Å²) in [5, 5.41) is 16.1. The predicted octanol–water partition coefficient (Wildman–Crippen LogP) is 3.90. The molecule has 0 saturated heterocycles.